The van der Waals surface area contributed by atoms with Crippen molar-refractivity contribution in [2.75, 3.05) is 26.9 Å². The van der Waals surface area contributed by atoms with Crippen LogP contribution in [0.25, 0.3) is 0 Å². The van der Waals surface area contributed by atoms with E-state index in [9.17, 15) is 4.79 Å². The largest absolute Gasteiger partial charge is 0.468 e. The van der Waals surface area contributed by atoms with Gasteiger partial charge in [0.25, 0.3) is 0 Å². The van der Waals surface area contributed by atoms with Crippen LogP contribution < -0.4 is 5.32 Å². The molecule has 0 amide bonds. The van der Waals surface area contributed by atoms with Gasteiger partial charge in [0.05, 0.1) is 13.7 Å². The molecule has 0 aliphatic heterocycles. The normalized spacial score (nSPS) is 12.9. The zero-order valence-electron chi connectivity index (χ0n) is 9.50. The predicted octanol–water partition coefficient (Wildman–Crippen LogP) is 0.810. The van der Waals surface area contributed by atoms with Crippen molar-refractivity contribution in [1.29, 1.82) is 0 Å². The van der Waals surface area contributed by atoms with E-state index in [1.807, 2.05) is 0 Å². The second-order valence-corrected chi connectivity index (χ2v) is 3.67. The molecular formula is C10H21NO3. The van der Waals surface area contributed by atoms with Crippen LogP contribution in [-0.2, 0) is 14.3 Å². The molecule has 0 saturated heterocycles. The quantitative estimate of drug-likeness (QED) is 0.491. The highest BCUT2D eigenvalue weighted by Gasteiger charge is 2.10. The number of rotatable bonds is 7. The smallest absolute Gasteiger partial charge is 0.322 e. The summed E-state index contributed by atoms with van der Waals surface area (Å²) in [6, 6.07) is -0.261. The number of carbonyl (C=O) groups is 1. The van der Waals surface area contributed by atoms with Crippen LogP contribution in [0.5, 0.6) is 0 Å². The fraction of sp³-hybridized carbons (Fsp3) is 0.900. The van der Waals surface area contributed by atoms with Crippen LogP contribution >= 0.6 is 0 Å². The average molecular weight is 203 g/mol. The molecule has 0 fully saturated rings. The van der Waals surface area contributed by atoms with Gasteiger partial charge in [-0.15, -0.1) is 0 Å². The van der Waals surface area contributed by atoms with E-state index in [0.29, 0.717) is 19.1 Å². The van der Waals surface area contributed by atoms with Crippen LogP contribution in [0.4, 0.5) is 0 Å². The summed E-state index contributed by atoms with van der Waals surface area (Å²) >= 11 is 0. The molecule has 0 aromatic heterocycles. The lowest BCUT2D eigenvalue weighted by Gasteiger charge is -2.12. The van der Waals surface area contributed by atoms with Gasteiger partial charge in [-0.25, -0.2) is 0 Å². The van der Waals surface area contributed by atoms with Gasteiger partial charge >= 0.3 is 5.97 Å². The molecule has 1 atom stereocenters. The van der Waals surface area contributed by atoms with Gasteiger partial charge in [-0.05, 0) is 12.8 Å². The second kappa shape index (κ2) is 7.76. The van der Waals surface area contributed by atoms with Crippen LogP contribution in [0.1, 0.15) is 20.8 Å². The highest BCUT2D eigenvalue weighted by atomic mass is 16.5. The van der Waals surface area contributed by atoms with E-state index in [-0.39, 0.29) is 12.0 Å². The second-order valence-electron chi connectivity index (χ2n) is 3.67. The molecule has 0 bridgehead atoms. The topological polar surface area (TPSA) is 47.6 Å². The van der Waals surface area contributed by atoms with Gasteiger partial charge in [-0.2, -0.15) is 0 Å². The maximum Gasteiger partial charge on any atom is 0.322 e. The minimum atomic E-state index is -0.261. The van der Waals surface area contributed by atoms with Crippen molar-refractivity contribution in [3.8, 4) is 0 Å². The van der Waals surface area contributed by atoms with Gasteiger partial charge in [0, 0.05) is 13.2 Å². The summed E-state index contributed by atoms with van der Waals surface area (Å²) in [5.41, 5.74) is 0. The number of esters is 1. The monoisotopic (exact) mass is 203 g/mol. The average Bonchev–Trinajstić information content (AvgIpc) is 2.15. The third-order valence-corrected chi connectivity index (χ3v) is 1.70. The van der Waals surface area contributed by atoms with E-state index < -0.39 is 0 Å². The Morgan fingerprint density at radius 3 is 2.50 bits per heavy atom. The van der Waals surface area contributed by atoms with Crippen molar-refractivity contribution < 1.29 is 14.3 Å². The van der Waals surface area contributed by atoms with Gasteiger partial charge in [0.15, 0.2) is 0 Å². The van der Waals surface area contributed by atoms with E-state index in [4.69, 9.17) is 4.74 Å². The summed E-state index contributed by atoms with van der Waals surface area (Å²) in [6.07, 6.45) is 0. The van der Waals surface area contributed by atoms with E-state index in [1.54, 1.807) is 6.92 Å². The molecule has 0 aromatic carbocycles. The molecule has 0 saturated carbocycles. The Labute approximate surface area is 86.0 Å². The Hall–Kier alpha value is -0.610. The van der Waals surface area contributed by atoms with Crippen LogP contribution in [0.15, 0.2) is 0 Å². The molecular weight excluding hydrogens is 182 g/mol. The van der Waals surface area contributed by atoms with E-state index in [0.717, 1.165) is 6.61 Å². The summed E-state index contributed by atoms with van der Waals surface area (Å²) in [6.45, 7) is 8.03. The van der Waals surface area contributed by atoms with Gasteiger partial charge < -0.3 is 14.8 Å². The zero-order valence-corrected chi connectivity index (χ0v) is 9.50. The van der Waals surface area contributed by atoms with Crippen molar-refractivity contribution in [2.45, 2.75) is 26.8 Å². The maximum atomic E-state index is 11.0. The molecule has 0 aliphatic carbocycles. The fourth-order valence-corrected chi connectivity index (χ4v) is 0.927. The SMILES string of the molecule is COC(=O)C(C)NCCOCC(C)C. The van der Waals surface area contributed by atoms with Crippen LogP contribution in [0.3, 0.4) is 0 Å². The summed E-state index contributed by atoms with van der Waals surface area (Å²) in [5, 5.41) is 3.01. The number of hydrogen-bond donors (Lipinski definition) is 1. The molecule has 0 heterocycles. The molecule has 0 rings (SSSR count). The van der Waals surface area contributed by atoms with Gasteiger partial charge in [0.2, 0.25) is 0 Å². The minimum Gasteiger partial charge on any atom is -0.468 e. The summed E-state index contributed by atoms with van der Waals surface area (Å²) in [7, 11) is 1.38. The molecule has 0 aliphatic rings. The van der Waals surface area contributed by atoms with Gasteiger partial charge in [0.1, 0.15) is 6.04 Å². The number of nitrogens with one attached hydrogen (secondary N) is 1. The summed E-state index contributed by atoms with van der Waals surface area (Å²) in [5.74, 6) is 0.307. The van der Waals surface area contributed by atoms with Crippen molar-refractivity contribution in [2.24, 2.45) is 5.92 Å². The fourth-order valence-electron chi connectivity index (χ4n) is 0.927. The molecule has 4 heteroatoms. The number of hydrogen-bond acceptors (Lipinski definition) is 4. The van der Waals surface area contributed by atoms with Crippen molar-refractivity contribution >= 4 is 5.97 Å². The van der Waals surface area contributed by atoms with Crippen LogP contribution in [-0.4, -0.2) is 38.9 Å². The molecule has 14 heavy (non-hydrogen) atoms. The highest BCUT2D eigenvalue weighted by molar-refractivity contribution is 5.74. The lowest BCUT2D eigenvalue weighted by molar-refractivity contribution is -0.142. The number of methoxy groups -OCH3 is 1. The Morgan fingerprint density at radius 1 is 1.36 bits per heavy atom. The third-order valence-electron chi connectivity index (χ3n) is 1.70. The molecule has 4 nitrogen and oxygen atoms in total. The van der Waals surface area contributed by atoms with E-state index in [2.05, 4.69) is 23.9 Å². The van der Waals surface area contributed by atoms with Crippen molar-refractivity contribution in [3.05, 3.63) is 0 Å². The Kier molecular flexibility index (Phi) is 7.42. The molecule has 0 spiro atoms. The van der Waals surface area contributed by atoms with Gasteiger partial charge in [-0.1, -0.05) is 13.8 Å². The highest BCUT2D eigenvalue weighted by Crippen LogP contribution is 1.91. The molecule has 1 N–H and O–H groups in total. The Morgan fingerprint density at radius 2 is 2.00 bits per heavy atom. The first-order valence-electron chi connectivity index (χ1n) is 4.97. The predicted molar refractivity (Wildman–Crippen MR) is 55.1 cm³/mol. The molecule has 0 aromatic rings. The first kappa shape index (κ1) is 13.4. The first-order valence-corrected chi connectivity index (χ1v) is 4.97. The summed E-state index contributed by atoms with van der Waals surface area (Å²) in [4.78, 5) is 11.0. The molecule has 84 valence electrons. The van der Waals surface area contributed by atoms with Crippen molar-refractivity contribution in [1.82, 2.24) is 5.32 Å². The van der Waals surface area contributed by atoms with Gasteiger partial charge in [-0.3, -0.25) is 4.79 Å². The van der Waals surface area contributed by atoms with Crippen molar-refractivity contribution in [3.63, 3.8) is 0 Å². The van der Waals surface area contributed by atoms with Crippen LogP contribution in [0.2, 0.25) is 0 Å². The number of ether oxygens (including phenoxy) is 2. The Bertz CT molecular complexity index is 159. The first-order chi connectivity index (χ1) is 6.57. The Balaban J connectivity index is 3.31. The third kappa shape index (κ3) is 6.86. The number of carbonyl (C=O) groups excluding carboxylic acids is 1. The zero-order chi connectivity index (χ0) is 11.0. The lowest BCUT2D eigenvalue weighted by atomic mass is 10.2. The molecule has 1 unspecified atom stereocenters. The lowest BCUT2D eigenvalue weighted by Crippen LogP contribution is -2.36. The van der Waals surface area contributed by atoms with E-state index >= 15 is 0 Å². The maximum absolute atomic E-state index is 11.0. The molecule has 0 radical (unpaired) electrons. The summed E-state index contributed by atoms with van der Waals surface area (Å²) < 4.78 is 9.91. The standard InChI is InChI=1S/C10H21NO3/c1-8(2)7-14-6-5-11-9(3)10(12)13-4/h8-9,11H,5-7H2,1-4H3. The van der Waals surface area contributed by atoms with E-state index in [1.165, 1.54) is 7.11 Å². The van der Waals surface area contributed by atoms with Crippen LogP contribution in [0, 0.1) is 5.92 Å². The minimum absolute atomic E-state index is 0.242.